The molecule has 0 saturated carbocycles. The zero-order chi connectivity index (χ0) is 15.2. The van der Waals surface area contributed by atoms with Gasteiger partial charge in [0.1, 0.15) is 5.60 Å². The van der Waals surface area contributed by atoms with Crippen molar-refractivity contribution in [2.24, 2.45) is 0 Å². The Kier molecular flexibility index (Phi) is 5.20. The average molecular weight is 275 g/mol. The van der Waals surface area contributed by atoms with Crippen molar-refractivity contribution < 1.29 is 19.1 Å². The molecule has 0 atom stereocenters. The highest BCUT2D eigenvalue weighted by molar-refractivity contribution is 6.09. The predicted molar refractivity (Wildman–Crippen MR) is 73.9 cm³/mol. The monoisotopic (exact) mass is 275 g/mol. The van der Waals surface area contributed by atoms with E-state index in [4.69, 9.17) is 4.74 Å². The minimum Gasteiger partial charge on any atom is -0.457 e. The Morgan fingerprint density at radius 1 is 1.05 bits per heavy atom. The Hall–Kier alpha value is -2.43. The second-order valence-corrected chi connectivity index (χ2v) is 5.05. The van der Waals surface area contributed by atoms with Crippen LogP contribution in [0.4, 0.5) is 0 Å². The van der Waals surface area contributed by atoms with Gasteiger partial charge in [-0.15, -0.1) is 0 Å². The third-order valence-corrected chi connectivity index (χ3v) is 2.05. The van der Waals surface area contributed by atoms with Gasteiger partial charge >= 0.3 is 5.97 Å². The lowest BCUT2D eigenvalue weighted by atomic mass is 10.2. The fraction of sp³-hybridized carbons (Fsp3) is 0.267. The maximum atomic E-state index is 11.6. The molecule has 5 nitrogen and oxygen atoms in total. The molecule has 0 fully saturated rings. The number of hydrogen-bond acceptors (Lipinski definition) is 4. The highest BCUT2D eigenvalue weighted by atomic mass is 16.6. The Labute approximate surface area is 117 Å². The number of benzene rings is 1. The third kappa shape index (κ3) is 5.95. The summed E-state index contributed by atoms with van der Waals surface area (Å²) in [5.41, 5.74) is -0.260. The van der Waals surface area contributed by atoms with Crippen LogP contribution in [0, 0.1) is 0 Å². The molecule has 0 unspecified atom stereocenters. The maximum Gasteiger partial charge on any atom is 0.331 e. The van der Waals surface area contributed by atoms with Gasteiger partial charge in [-0.2, -0.15) is 0 Å². The average Bonchev–Trinajstić information content (AvgIpc) is 2.35. The summed E-state index contributed by atoms with van der Waals surface area (Å²) in [7, 11) is 0. The fourth-order valence-electron chi connectivity index (χ4n) is 1.29. The van der Waals surface area contributed by atoms with Crippen LogP contribution in [0.5, 0.6) is 0 Å². The van der Waals surface area contributed by atoms with Crippen molar-refractivity contribution in [1.29, 1.82) is 0 Å². The van der Waals surface area contributed by atoms with E-state index in [1.807, 2.05) is 0 Å². The molecule has 1 aromatic carbocycles. The van der Waals surface area contributed by atoms with Crippen LogP contribution in [0.1, 0.15) is 31.1 Å². The molecule has 0 aliphatic rings. The van der Waals surface area contributed by atoms with E-state index in [1.54, 1.807) is 51.1 Å². The largest absolute Gasteiger partial charge is 0.457 e. The van der Waals surface area contributed by atoms with Crippen LogP contribution >= 0.6 is 0 Å². The van der Waals surface area contributed by atoms with Gasteiger partial charge in [-0.25, -0.2) is 4.79 Å². The molecule has 0 heterocycles. The summed E-state index contributed by atoms with van der Waals surface area (Å²) in [6.07, 6.45) is 1.95. The van der Waals surface area contributed by atoms with Crippen molar-refractivity contribution in [2.45, 2.75) is 26.4 Å². The minimum absolute atomic E-state index is 0.367. The van der Waals surface area contributed by atoms with E-state index in [9.17, 15) is 14.4 Å². The summed E-state index contributed by atoms with van der Waals surface area (Å²) in [6.45, 7) is 5.16. The minimum atomic E-state index is -0.676. The van der Waals surface area contributed by atoms with Crippen LogP contribution < -0.4 is 5.32 Å². The molecule has 0 radical (unpaired) electrons. The molecule has 2 amide bonds. The van der Waals surface area contributed by atoms with Crippen molar-refractivity contribution in [2.75, 3.05) is 0 Å². The number of amides is 2. The van der Waals surface area contributed by atoms with Crippen LogP contribution in [0.2, 0.25) is 0 Å². The molecule has 0 spiro atoms. The van der Waals surface area contributed by atoms with E-state index >= 15 is 0 Å². The second-order valence-electron chi connectivity index (χ2n) is 5.05. The Morgan fingerprint density at radius 3 is 2.20 bits per heavy atom. The quantitative estimate of drug-likeness (QED) is 0.675. The molecular formula is C15H17NO4. The van der Waals surface area contributed by atoms with E-state index in [-0.39, 0.29) is 0 Å². The number of rotatable bonds is 3. The highest BCUT2D eigenvalue weighted by Gasteiger charge is 2.14. The summed E-state index contributed by atoms with van der Waals surface area (Å²) in [6, 6.07) is 8.31. The van der Waals surface area contributed by atoms with Gasteiger partial charge in [-0.3, -0.25) is 14.9 Å². The first-order chi connectivity index (χ1) is 9.28. The van der Waals surface area contributed by atoms with Crippen LogP contribution in [0.15, 0.2) is 42.5 Å². The number of carbonyl (C=O) groups is 3. The number of hydrogen-bond donors (Lipinski definition) is 1. The number of ether oxygens (including phenoxy) is 1. The zero-order valence-corrected chi connectivity index (χ0v) is 11.7. The van der Waals surface area contributed by atoms with Crippen molar-refractivity contribution in [3.05, 3.63) is 48.0 Å². The molecule has 5 heteroatoms. The van der Waals surface area contributed by atoms with Crippen molar-refractivity contribution in [1.82, 2.24) is 5.32 Å². The SMILES string of the molecule is CC(C)(C)OC(=O)/C=C/C(=O)NC(=O)c1ccccc1. The molecule has 106 valence electrons. The third-order valence-electron chi connectivity index (χ3n) is 2.05. The van der Waals surface area contributed by atoms with Gasteiger partial charge in [0.05, 0.1) is 0 Å². The number of nitrogens with one attached hydrogen (secondary N) is 1. The predicted octanol–water partition coefficient (Wildman–Crippen LogP) is 1.84. The zero-order valence-electron chi connectivity index (χ0n) is 11.7. The molecule has 1 N–H and O–H groups in total. The molecule has 0 aromatic heterocycles. The standard InChI is InChI=1S/C15H17NO4/c1-15(2,3)20-13(18)10-9-12(17)16-14(19)11-7-5-4-6-8-11/h4-10H,1-3H3,(H,16,17,19)/b10-9+. The summed E-state index contributed by atoms with van der Waals surface area (Å²) < 4.78 is 4.99. The van der Waals surface area contributed by atoms with Crippen LogP contribution in [0.25, 0.3) is 0 Å². The number of imide groups is 1. The maximum absolute atomic E-state index is 11.6. The van der Waals surface area contributed by atoms with E-state index in [2.05, 4.69) is 5.32 Å². The van der Waals surface area contributed by atoms with Crippen molar-refractivity contribution in [3.63, 3.8) is 0 Å². The van der Waals surface area contributed by atoms with E-state index in [1.165, 1.54) is 0 Å². The van der Waals surface area contributed by atoms with Gasteiger partial charge in [-0.1, -0.05) is 18.2 Å². The molecule has 0 bridgehead atoms. The summed E-state index contributed by atoms with van der Waals surface area (Å²) in [5, 5.41) is 2.14. The van der Waals surface area contributed by atoms with Crippen LogP contribution in [-0.4, -0.2) is 23.4 Å². The van der Waals surface area contributed by atoms with Gasteiger partial charge in [0.2, 0.25) is 0 Å². The Morgan fingerprint density at radius 2 is 1.65 bits per heavy atom. The second kappa shape index (κ2) is 6.65. The van der Waals surface area contributed by atoms with Gasteiger partial charge in [0, 0.05) is 17.7 Å². The summed E-state index contributed by atoms with van der Waals surface area (Å²) in [4.78, 5) is 34.5. The fourth-order valence-corrected chi connectivity index (χ4v) is 1.29. The van der Waals surface area contributed by atoms with E-state index < -0.39 is 23.4 Å². The smallest absolute Gasteiger partial charge is 0.331 e. The summed E-state index contributed by atoms with van der Waals surface area (Å²) in [5.74, 6) is -1.84. The van der Waals surface area contributed by atoms with Gasteiger partial charge < -0.3 is 4.74 Å². The van der Waals surface area contributed by atoms with Crippen LogP contribution in [0.3, 0.4) is 0 Å². The molecule has 1 rings (SSSR count). The first kappa shape index (κ1) is 15.6. The first-order valence-corrected chi connectivity index (χ1v) is 6.09. The molecular weight excluding hydrogens is 258 g/mol. The number of carbonyl (C=O) groups excluding carboxylic acids is 3. The van der Waals surface area contributed by atoms with Gasteiger partial charge in [0.25, 0.3) is 11.8 Å². The van der Waals surface area contributed by atoms with Crippen molar-refractivity contribution in [3.8, 4) is 0 Å². The van der Waals surface area contributed by atoms with Gasteiger partial charge in [0.15, 0.2) is 0 Å². The van der Waals surface area contributed by atoms with Crippen LogP contribution in [-0.2, 0) is 14.3 Å². The van der Waals surface area contributed by atoms with Crippen molar-refractivity contribution >= 4 is 17.8 Å². The molecule has 0 aliphatic heterocycles. The first-order valence-electron chi connectivity index (χ1n) is 6.09. The lowest BCUT2D eigenvalue weighted by Gasteiger charge is -2.17. The molecule has 20 heavy (non-hydrogen) atoms. The Bertz CT molecular complexity index is 527. The molecule has 0 saturated heterocycles. The number of esters is 1. The van der Waals surface area contributed by atoms with E-state index in [0.29, 0.717) is 5.56 Å². The lowest BCUT2D eigenvalue weighted by Crippen LogP contribution is -2.29. The Balaban J connectivity index is 2.52. The summed E-state index contributed by atoms with van der Waals surface area (Å²) >= 11 is 0. The molecule has 1 aromatic rings. The molecule has 0 aliphatic carbocycles. The van der Waals surface area contributed by atoms with Gasteiger partial charge in [-0.05, 0) is 32.9 Å². The highest BCUT2D eigenvalue weighted by Crippen LogP contribution is 2.07. The normalized spacial score (nSPS) is 11.2. The van der Waals surface area contributed by atoms with E-state index in [0.717, 1.165) is 12.2 Å². The lowest BCUT2D eigenvalue weighted by molar-refractivity contribution is -0.148. The topological polar surface area (TPSA) is 72.5 Å².